The summed E-state index contributed by atoms with van der Waals surface area (Å²) in [5.41, 5.74) is 4.60. The molecule has 1 atom stereocenters. The van der Waals surface area contributed by atoms with Crippen LogP contribution in [0.4, 0.5) is 0 Å². The summed E-state index contributed by atoms with van der Waals surface area (Å²) in [4.78, 5) is 17.5. The number of nitrogens with zero attached hydrogens (tertiary/aromatic N) is 4. The van der Waals surface area contributed by atoms with E-state index in [1.165, 1.54) is 6.20 Å². The van der Waals surface area contributed by atoms with Crippen molar-refractivity contribution in [2.75, 3.05) is 26.9 Å². The van der Waals surface area contributed by atoms with E-state index in [4.69, 9.17) is 21.1 Å². The Morgan fingerprint density at radius 1 is 1.41 bits per heavy atom. The fourth-order valence-electron chi connectivity index (χ4n) is 4.29. The number of hydrazine groups is 1. The van der Waals surface area contributed by atoms with Gasteiger partial charge in [-0.05, 0) is 24.3 Å². The van der Waals surface area contributed by atoms with Crippen LogP contribution in [0.5, 0.6) is 5.75 Å². The van der Waals surface area contributed by atoms with Gasteiger partial charge in [0.15, 0.2) is 5.65 Å². The van der Waals surface area contributed by atoms with Crippen molar-refractivity contribution < 1.29 is 19.4 Å². The van der Waals surface area contributed by atoms with Crippen LogP contribution in [0.15, 0.2) is 54.8 Å². The molecule has 34 heavy (non-hydrogen) atoms. The smallest absolute Gasteiger partial charge is 0.261 e. The lowest BCUT2D eigenvalue weighted by Crippen LogP contribution is -2.48. The maximum atomic E-state index is 13.2. The molecule has 4 heterocycles. The third-order valence-electron chi connectivity index (χ3n) is 6.07. The molecular weight excluding hydrogens is 460 g/mol. The topological polar surface area (TPSA) is 113 Å². The highest BCUT2D eigenvalue weighted by molar-refractivity contribution is 6.30. The van der Waals surface area contributed by atoms with Gasteiger partial charge in [-0.25, -0.2) is 14.9 Å². The van der Waals surface area contributed by atoms with Gasteiger partial charge in [-0.1, -0.05) is 11.6 Å². The zero-order valence-electron chi connectivity index (χ0n) is 18.6. The van der Waals surface area contributed by atoms with Crippen molar-refractivity contribution in [2.45, 2.75) is 24.5 Å². The lowest BCUT2D eigenvalue weighted by Gasteiger charge is -2.35. The van der Waals surface area contributed by atoms with Crippen molar-refractivity contribution in [2.24, 2.45) is 0 Å². The molecule has 2 aliphatic rings. The third-order valence-corrected chi connectivity index (χ3v) is 6.31. The second-order valence-electron chi connectivity index (χ2n) is 8.40. The Labute approximate surface area is 201 Å². The first-order valence-electron chi connectivity index (χ1n) is 10.9. The van der Waals surface area contributed by atoms with Crippen LogP contribution in [-0.4, -0.2) is 63.1 Å². The number of rotatable bonds is 6. The fourth-order valence-corrected chi connectivity index (χ4v) is 4.47. The van der Waals surface area contributed by atoms with Gasteiger partial charge in [0.1, 0.15) is 11.3 Å². The average Bonchev–Trinajstić information content (AvgIpc) is 3.43. The number of carbonyl (C=O) groups excluding carboxylic acids is 1. The molecule has 5 rings (SSSR count). The molecule has 0 saturated carbocycles. The van der Waals surface area contributed by atoms with Crippen LogP contribution in [0.1, 0.15) is 34.8 Å². The van der Waals surface area contributed by atoms with Gasteiger partial charge in [-0.15, -0.1) is 0 Å². The summed E-state index contributed by atoms with van der Waals surface area (Å²) in [6.07, 6.45) is 7.67. The van der Waals surface area contributed by atoms with Gasteiger partial charge < -0.3 is 24.9 Å². The number of benzene rings is 1. The molecule has 1 fully saturated rings. The molecule has 0 aliphatic carbocycles. The van der Waals surface area contributed by atoms with E-state index in [-0.39, 0.29) is 5.91 Å². The van der Waals surface area contributed by atoms with Crippen LogP contribution in [0, 0.1) is 0 Å². The van der Waals surface area contributed by atoms with Crippen molar-refractivity contribution in [3.8, 4) is 5.75 Å². The number of fused-ring (bicyclic) bond motifs is 1. The minimum absolute atomic E-state index is 0.327. The molecule has 178 valence electrons. The van der Waals surface area contributed by atoms with E-state index in [1.54, 1.807) is 59.5 Å². The number of carbonyl (C=O) groups is 1. The molecule has 11 heteroatoms. The first kappa shape index (κ1) is 22.6. The second kappa shape index (κ2) is 9.22. The molecule has 1 saturated heterocycles. The van der Waals surface area contributed by atoms with Crippen LogP contribution in [0.2, 0.25) is 5.02 Å². The van der Waals surface area contributed by atoms with Gasteiger partial charge in [0, 0.05) is 55.2 Å². The van der Waals surface area contributed by atoms with E-state index in [0.29, 0.717) is 60.3 Å². The highest BCUT2D eigenvalue weighted by Gasteiger charge is 2.36. The minimum Gasteiger partial charge on any atom is -0.496 e. The van der Waals surface area contributed by atoms with Gasteiger partial charge in [0.05, 0.1) is 37.2 Å². The molecule has 0 bridgehead atoms. The van der Waals surface area contributed by atoms with E-state index >= 15 is 0 Å². The molecule has 10 nitrogen and oxygen atoms in total. The number of methoxy groups -OCH3 is 1. The molecule has 3 aromatic rings. The van der Waals surface area contributed by atoms with E-state index in [0.717, 1.165) is 5.56 Å². The summed E-state index contributed by atoms with van der Waals surface area (Å²) >= 11 is 6.29. The number of hydrogen-bond donors (Lipinski definition) is 3. The first-order chi connectivity index (χ1) is 16.5. The van der Waals surface area contributed by atoms with Crippen LogP contribution < -0.4 is 15.5 Å². The van der Waals surface area contributed by atoms with E-state index < -0.39 is 11.6 Å². The number of aromatic nitrogens is 3. The number of aliphatic hydroxyl groups is 1. The van der Waals surface area contributed by atoms with E-state index in [1.807, 2.05) is 0 Å². The largest absolute Gasteiger partial charge is 0.496 e. The number of nitrogens with one attached hydrogen (secondary N) is 2. The van der Waals surface area contributed by atoms with Gasteiger partial charge in [-0.3, -0.25) is 4.79 Å². The summed E-state index contributed by atoms with van der Waals surface area (Å²) < 4.78 is 12.5. The summed E-state index contributed by atoms with van der Waals surface area (Å²) in [6.45, 7) is 1.34. The zero-order valence-corrected chi connectivity index (χ0v) is 19.3. The maximum Gasteiger partial charge on any atom is 0.261 e. The predicted molar refractivity (Wildman–Crippen MR) is 124 cm³/mol. The van der Waals surface area contributed by atoms with Gasteiger partial charge in [0.2, 0.25) is 0 Å². The van der Waals surface area contributed by atoms with E-state index in [9.17, 15) is 9.90 Å². The highest BCUT2D eigenvalue weighted by Crippen LogP contribution is 2.35. The van der Waals surface area contributed by atoms with Crippen LogP contribution in [0.25, 0.3) is 5.65 Å². The number of halogens is 1. The van der Waals surface area contributed by atoms with Crippen molar-refractivity contribution in [1.82, 2.24) is 30.3 Å². The second-order valence-corrected chi connectivity index (χ2v) is 8.83. The first-order valence-corrected chi connectivity index (χ1v) is 11.3. The molecule has 2 aliphatic heterocycles. The zero-order chi connectivity index (χ0) is 23.7. The monoisotopic (exact) mass is 484 g/mol. The average molecular weight is 485 g/mol. The Hall–Kier alpha value is -3.18. The molecule has 0 radical (unpaired) electrons. The Balaban J connectivity index is 1.46. The SMILES string of the molecule is COc1ccc(Cl)cc1C1NN(CC2(O)CCOCC2)C=C1NC(=O)c1cnn2cccnc12. The van der Waals surface area contributed by atoms with Gasteiger partial charge in [-0.2, -0.15) is 5.10 Å². The Morgan fingerprint density at radius 3 is 3.03 bits per heavy atom. The van der Waals surface area contributed by atoms with Crippen LogP contribution >= 0.6 is 11.6 Å². The molecular formula is C23H25ClN6O4. The Kier molecular flexibility index (Phi) is 6.13. The van der Waals surface area contributed by atoms with Crippen molar-refractivity contribution in [1.29, 1.82) is 0 Å². The summed E-state index contributed by atoms with van der Waals surface area (Å²) in [5.74, 6) is 0.269. The van der Waals surface area contributed by atoms with Crippen molar-refractivity contribution in [3.63, 3.8) is 0 Å². The summed E-state index contributed by atoms with van der Waals surface area (Å²) in [6, 6.07) is 6.60. The Morgan fingerprint density at radius 2 is 2.24 bits per heavy atom. The number of ether oxygens (including phenoxy) is 2. The summed E-state index contributed by atoms with van der Waals surface area (Å²) in [7, 11) is 1.58. The van der Waals surface area contributed by atoms with Crippen molar-refractivity contribution in [3.05, 3.63) is 70.9 Å². The number of hydrogen-bond acceptors (Lipinski definition) is 8. The fraction of sp³-hybridized carbons (Fsp3) is 0.348. The van der Waals surface area contributed by atoms with E-state index in [2.05, 4.69) is 20.8 Å². The quantitative estimate of drug-likeness (QED) is 0.487. The Bertz CT molecular complexity index is 1240. The highest BCUT2D eigenvalue weighted by atomic mass is 35.5. The van der Waals surface area contributed by atoms with Crippen LogP contribution in [0.3, 0.4) is 0 Å². The standard InChI is InChI=1S/C23H25ClN6O4/c1-33-19-4-3-15(24)11-16(19)20-18(13-29(28-20)14-23(32)5-9-34-10-6-23)27-22(31)17-12-26-30-8-2-7-25-21(17)30/h2-4,7-8,11-13,20,28,32H,5-6,9-10,14H2,1H3,(H,27,31). The third kappa shape index (κ3) is 4.45. The summed E-state index contributed by atoms with van der Waals surface area (Å²) in [5, 5.41) is 20.5. The molecule has 1 amide bonds. The minimum atomic E-state index is -0.906. The predicted octanol–water partition coefficient (Wildman–Crippen LogP) is 2.07. The van der Waals surface area contributed by atoms with Gasteiger partial charge in [0.25, 0.3) is 5.91 Å². The lowest BCUT2D eigenvalue weighted by atomic mass is 9.94. The maximum absolute atomic E-state index is 13.2. The van der Waals surface area contributed by atoms with Crippen molar-refractivity contribution >= 4 is 23.2 Å². The molecule has 1 aromatic carbocycles. The number of amides is 1. The molecule has 1 unspecified atom stereocenters. The molecule has 0 spiro atoms. The van der Waals surface area contributed by atoms with Crippen LogP contribution in [-0.2, 0) is 4.74 Å². The normalized spacial score (nSPS) is 19.8. The molecule has 2 aromatic heterocycles. The lowest BCUT2D eigenvalue weighted by molar-refractivity contribution is -0.0790. The van der Waals surface area contributed by atoms with Gasteiger partial charge >= 0.3 is 0 Å². The number of β-amino-alcohol motifs (C(OH)–C–C–N with tert-alkyl or cyclic N) is 1. The molecule has 3 N–H and O–H groups in total.